The fourth-order valence-corrected chi connectivity index (χ4v) is 2.94. The molecule has 0 aliphatic carbocycles. The minimum Gasteiger partial charge on any atom is -0.464 e. The largest absolute Gasteiger partial charge is 0.464 e. The summed E-state index contributed by atoms with van der Waals surface area (Å²) < 4.78 is 10.9. The van der Waals surface area contributed by atoms with Gasteiger partial charge < -0.3 is 14.3 Å². The van der Waals surface area contributed by atoms with Gasteiger partial charge in [0.1, 0.15) is 0 Å². The molecule has 24 heavy (non-hydrogen) atoms. The van der Waals surface area contributed by atoms with E-state index in [0.717, 1.165) is 5.56 Å². The predicted octanol–water partition coefficient (Wildman–Crippen LogP) is 3.71. The lowest BCUT2D eigenvalue weighted by Crippen LogP contribution is -2.41. The van der Waals surface area contributed by atoms with E-state index in [4.69, 9.17) is 9.16 Å². The molecule has 0 aliphatic heterocycles. The summed E-state index contributed by atoms with van der Waals surface area (Å²) >= 11 is 0. The van der Waals surface area contributed by atoms with Gasteiger partial charge in [-0.05, 0) is 50.5 Å². The molecular weight excluding hydrogens is 320 g/mol. The van der Waals surface area contributed by atoms with Gasteiger partial charge in [0.15, 0.2) is 13.9 Å². The van der Waals surface area contributed by atoms with Crippen LogP contribution in [-0.2, 0) is 20.4 Å². The highest BCUT2D eigenvalue weighted by Gasteiger charge is 2.37. The molecule has 0 spiro atoms. The molecule has 134 valence electrons. The second-order valence-electron chi connectivity index (χ2n) is 7.07. The smallest absolute Gasteiger partial charge is 0.338 e. The normalized spacial score (nSPS) is 14.0. The third-order valence-corrected chi connectivity index (χ3v) is 4.59. The second kappa shape index (κ2) is 9.16. The van der Waals surface area contributed by atoms with Gasteiger partial charge in [-0.2, -0.15) is 0 Å². The molecule has 1 aromatic rings. The van der Waals surface area contributed by atoms with Crippen molar-refractivity contribution in [3.8, 4) is 0 Å². The molecule has 1 rings (SSSR count). The van der Waals surface area contributed by atoms with Crippen LogP contribution in [0.4, 0.5) is 0 Å². The molecule has 0 aromatic heterocycles. The van der Waals surface area contributed by atoms with Gasteiger partial charge in [-0.25, -0.2) is 4.79 Å². The number of ether oxygens (including phenoxy) is 1. The molecule has 0 heterocycles. The summed E-state index contributed by atoms with van der Waals surface area (Å²) in [4.78, 5) is 12.3. The average Bonchev–Trinajstić information content (AvgIpc) is 2.52. The molecule has 5 heteroatoms. The zero-order chi connectivity index (χ0) is 18.2. The highest BCUT2D eigenvalue weighted by molar-refractivity contribution is 6.69. The molecular formula is C19H30O4Si. The molecule has 0 saturated heterocycles. The Labute approximate surface area is 146 Å². The van der Waals surface area contributed by atoms with Gasteiger partial charge in [0, 0.05) is 6.42 Å². The Hall–Kier alpha value is -1.43. The Morgan fingerprint density at radius 1 is 1.25 bits per heavy atom. The average molecular weight is 351 g/mol. The van der Waals surface area contributed by atoms with Crippen molar-refractivity contribution in [3.63, 3.8) is 0 Å². The van der Waals surface area contributed by atoms with Crippen LogP contribution >= 0.6 is 0 Å². The van der Waals surface area contributed by atoms with Crippen LogP contribution in [0, 0.1) is 0 Å². The fourth-order valence-electron chi connectivity index (χ4n) is 2.31. The van der Waals surface area contributed by atoms with Crippen LogP contribution in [0.1, 0.15) is 25.3 Å². The molecule has 1 atom stereocenters. The molecule has 0 amide bonds. The van der Waals surface area contributed by atoms with Crippen LogP contribution in [0.3, 0.4) is 0 Å². The van der Waals surface area contributed by atoms with Crippen molar-refractivity contribution in [1.82, 2.24) is 0 Å². The van der Waals surface area contributed by atoms with Crippen molar-refractivity contribution in [1.29, 1.82) is 0 Å². The number of aliphatic hydroxyl groups is 1. The lowest BCUT2D eigenvalue weighted by atomic mass is 9.89. The zero-order valence-corrected chi connectivity index (χ0v) is 16.3. The number of aryl methyl sites for hydroxylation is 1. The molecule has 0 saturated carbocycles. The third kappa shape index (κ3) is 7.42. The summed E-state index contributed by atoms with van der Waals surface area (Å²) in [5.74, 6) is -0.588. The van der Waals surface area contributed by atoms with Gasteiger partial charge in [-0.15, -0.1) is 0 Å². The standard InChI is InChI=1S/C19H30O4Si/c1-6-22-18(20)19(21,13-12-17-10-8-7-9-11-17)14-16(2)15-23-24(3,4)5/h7-11,21H,2,6,12-15H2,1,3-5H3/t19-/m1/s1. The number of rotatable bonds is 10. The van der Waals surface area contributed by atoms with E-state index in [9.17, 15) is 9.90 Å². The van der Waals surface area contributed by atoms with Crippen molar-refractivity contribution in [2.45, 2.75) is 51.4 Å². The second-order valence-corrected chi connectivity index (χ2v) is 11.6. The summed E-state index contributed by atoms with van der Waals surface area (Å²) in [7, 11) is -1.67. The lowest BCUT2D eigenvalue weighted by Gasteiger charge is -2.28. The van der Waals surface area contributed by atoms with Gasteiger partial charge in [0.2, 0.25) is 0 Å². The summed E-state index contributed by atoms with van der Waals surface area (Å²) in [6.07, 6.45) is 1.04. The number of hydrogen-bond donors (Lipinski definition) is 1. The first-order valence-electron chi connectivity index (χ1n) is 8.40. The first-order valence-corrected chi connectivity index (χ1v) is 11.8. The number of benzene rings is 1. The molecule has 1 N–H and O–H groups in total. The number of hydrogen-bond acceptors (Lipinski definition) is 4. The van der Waals surface area contributed by atoms with Crippen LogP contribution in [0.5, 0.6) is 0 Å². The SMILES string of the molecule is C=C(CO[Si](C)(C)C)C[C@](O)(CCc1ccccc1)C(=O)OCC. The van der Waals surface area contributed by atoms with E-state index >= 15 is 0 Å². The minimum atomic E-state index is -1.67. The van der Waals surface area contributed by atoms with Crippen LogP contribution in [-0.4, -0.2) is 38.2 Å². The van der Waals surface area contributed by atoms with Crippen molar-refractivity contribution in [3.05, 3.63) is 48.0 Å². The number of esters is 1. The van der Waals surface area contributed by atoms with Crippen molar-refractivity contribution >= 4 is 14.3 Å². The van der Waals surface area contributed by atoms with Gasteiger partial charge in [0.25, 0.3) is 0 Å². The molecule has 4 nitrogen and oxygen atoms in total. The van der Waals surface area contributed by atoms with Crippen molar-refractivity contribution < 1.29 is 19.1 Å². The molecule has 0 fully saturated rings. The Morgan fingerprint density at radius 3 is 2.42 bits per heavy atom. The van der Waals surface area contributed by atoms with E-state index in [0.29, 0.717) is 25.0 Å². The third-order valence-electron chi connectivity index (χ3n) is 3.58. The predicted molar refractivity (Wildman–Crippen MR) is 99.4 cm³/mol. The van der Waals surface area contributed by atoms with Crippen LogP contribution < -0.4 is 0 Å². The first kappa shape index (κ1) is 20.6. The summed E-state index contributed by atoms with van der Waals surface area (Å²) in [6, 6.07) is 9.79. The Bertz CT molecular complexity index is 536. The number of carbonyl (C=O) groups is 1. The highest BCUT2D eigenvalue weighted by Crippen LogP contribution is 2.25. The summed E-state index contributed by atoms with van der Waals surface area (Å²) in [6.45, 7) is 12.6. The van der Waals surface area contributed by atoms with E-state index < -0.39 is 19.9 Å². The summed E-state index contributed by atoms with van der Waals surface area (Å²) in [5.41, 5.74) is 0.219. The molecule has 0 aliphatic rings. The van der Waals surface area contributed by atoms with Crippen molar-refractivity contribution in [2.75, 3.05) is 13.2 Å². The van der Waals surface area contributed by atoms with Crippen LogP contribution in [0.25, 0.3) is 0 Å². The van der Waals surface area contributed by atoms with E-state index in [1.165, 1.54) is 0 Å². The maximum atomic E-state index is 12.3. The monoisotopic (exact) mass is 350 g/mol. The quantitative estimate of drug-likeness (QED) is 0.397. The van der Waals surface area contributed by atoms with E-state index in [-0.39, 0.29) is 13.0 Å². The maximum absolute atomic E-state index is 12.3. The van der Waals surface area contributed by atoms with Crippen LogP contribution in [0.2, 0.25) is 19.6 Å². The number of carbonyl (C=O) groups excluding carboxylic acids is 1. The molecule has 0 bridgehead atoms. The van der Waals surface area contributed by atoms with E-state index in [2.05, 4.69) is 26.2 Å². The van der Waals surface area contributed by atoms with Gasteiger partial charge >= 0.3 is 5.97 Å². The first-order chi connectivity index (χ1) is 11.2. The van der Waals surface area contributed by atoms with E-state index in [1.54, 1.807) is 6.92 Å². The Kier molecular flexibility index (Phi) is 7.86. The van der Waals surface area contributed by atoms with Gasteiger partial charge in [-0.3, -0.25) is 0 Å². The van der Waals surface area contributed by atoms with Crippen LogP contribution in [0.15, 0.2) is 42.5 Å². The van der Waals surface area contributed by atoms with Crippen molar-refractivity contribution in [2.24, 2.45) is 0 Å². The van der Waals surface area contributed by atoms with Gasteiger partial charge in [0.05, 0.1) is 13.2 Å². The molecule has 0 radical (unpaired) electrons. The Morgan fingerprint density at radius 2 is 1.88 bits per heavy atom. The molecule has 1 aromatic carbocycles. The zero-order valence-electron chi connectivity index (χ0n) is 15.3. The lowest BCUT2D eigenvalue weighted by molar-refractivity contribution is -0.165. The molecule has 0 unspecified atom stereocenters. The summed E-state index contributed by atoms with van der Waals surface area (Å²) in [5, 5.41) is 10.9. The highest BCUT2D eigenvalue weighted by atomic mass is 28.4. The fraction of sp³-hybridized carbons (Fsp3) is 0.526. The van der Waals surface area contributed by atoms with Gasteiger partial charge in [-0.1, -0.05) is 36.9 Å². The van der Waals surface area contributed by atoms with E-state index in [1.807, 2.05) is 30.3 Å². The Balaban J connectivity index is 2.74. The maximum Gasteiger partial charge on any atom is 0.338 e. The topological polar surface area (TPSA) is 55.8 Å². The minimum absolute atomic E-state index is 0.156.